The molecule has 0 heterocycles. The molecule has 0 unspecified atom stereocenters. The maximum absolute atomic E-state index is 13.4. The van der Waals surface area contributed by atoms with Crippen molar-refractivity contribution in [2.75, 3.05) is 6.54 Å². The van der Waals surface area contributed by atoms with Crippen LogP contribution < -0.4 is 10.7 Å². The molecule has 0 aliphatic heterocycles. The fourth-order valence-electron chi connectivity index (χ4n) is 1.80. The number of hydrogen-bond acceptors (Lipinski definition) is 3. The minimum atomic E-state index is -0.595. The van der Waals surface area contributed by atoms with Gasteiger partial charge in [-0.05, 0) is 17.7 Å². The summed E-state index contributed by atoms with van der Waals surface area (Å²) in [4.78, 5) is 23.3. The number of hydrazone groups is 1. The number of hydrogen-bond donors (Lipinski definition) is 2. The topological polar surface area (TPSA) is 70.6 Å². The summed E-state index contributed by atoms with van der Waals surface area (Å²) in [5.74, 6) is -1.49. The van der Waals surface area contributed by atoms with E-state index >= 15 is 0 Å². The normalized spacial score (nSPS) is 10.5. The van der Waals surface area contributed by atoms with Crippen molar-refractivity contribution in [2.24, 2.45) is 5.10 Å². The number of amides is 2. The lowest BCUT2D eigenvalue weighted by Gasteiger charge is -2.05. The van der Waals surface area contributed by atoms with E-state index in [0.717, 1.165) is 5.56 Å². The molecular formula is C17H16FN3O2. The monoisotopic (exact) mass is 313 g/mol. The second kappa shape index (κ2) is 8.43. The molecule has 0 saturated carbocycles. The summed E-state index contributed by atoms with van der Waals surface area (Å²) in [6, 6.07) is 15.0. The number of rotatable bonds is 6. The lowest BCUT2D eigenvalue weighted by atomic mass is 10.2. The van der Waals surface area contributed by atoms with Crippen LogP contribution in [0.25, 0.3) is 0 Å². The first-order valence-corrected chi connectivity index (χ1v) is 7.06. The quantitative estimate of drug-likeness (QED) is 0.633. The molecule has 0 aliphatic rings. The smallest absolute Gasteiger partial charge is 0.254 e. The standard InChI is InChI=1S/C17H16FN3O2/c18-15-9-5-4-8-14(15)17(23)19-11-10-16(22)21-20-12-13-6-2-1-3-7-13/h1-9,12H,10-11H2,(H,19,23)(H,21,22). The largest absolute Gasteiger partial charge is 0.351 e. The van der Waals surface area contributed by atoms with E-state index in [-0.39, 0.29) is 24.4 Å². The Kier molecular flexibility index (Phi) is 5.99. The summed E-state index contributed by atoms with van der Waals surface area (Å²) in [5, 5.41) is 6.30. The highest BCUT2D eigenvalue weighted by Crippen LogP contribution is 2.05. The number of nitrogens with zero attached hydrogens (tertiary/aromatic N) is 1. The highest BCUT2D eigenvalue weighted by molar-refractivity contribution is 5.94. The van der Waals surface area contributed by atoms with Gasteiger partial charge in [0.15, 0.2) is 0 Å². The van der Waals surface area contributed by atoms with E-state index in [2.05, 4.69) is 15.8 Å². The molecule has 0 aliphatic carbocycles. The number of halogens is 1. The van der Waals surface area contributed by atoms with Crippen molar-refractivity contribution < 1.29 is 14.0 Å². The van der Waals surface area contributed by atoms with Gasteiger partial charge in [0, 0.05) is 13.0 Å². The van der Waals surface area contributed by atoms with Crippen LogP contribution in [0.4, 0.5) is 4.39 Å². The maximum atomic E-state index is 13.4. The van der Waals surface area contributed by atoms with Gasteiger partial charge in [0.2, 0.25) is 5.91 Å². The Hall–Kier alpha value is -3.02. The van der Waals surface area contributed by atoms with Crippen LogP contribution in [0.1, 0.15) is 22.3 Å². The van der Waals surface area contributed by atoms with Gasteiger partial charge in [-0.2, -0.15) is 5.10 Å². The van der Waals surface area contributed by atoms with Gasteiger partial charge in [0.05, 0.1) is 11.8 Å². The summed E-state index contributed by atoms with van der Waals surface area (Å²) in [5.41, 5.74) is 3.18. The van der Waals surface area contributed by atoms with Crippen LogP contribution in [0, 0.1) is 5.82 Å². The van der Waals surface area contributed by atoms with Crippen LogP contribution in [-0.4, -0.2) is 24.6 Å². The molecule has 0 aromatic heterocycles. The van der Waals surface area contributed by atoms with Crippen LogP contribution >= 0.6 is 0 Å². The molecular weight excluding hydrogens is 297 g/mol. The minimum Gasteiger partial charge on any atom is -0.351 e. The molecule has 2 N–H and O–H groups in total. The summed E-state index contributed by atoms with van der Waals surface area (Å²) >= 11 is 0. The van der Waals surface area contributed by atoms with Crippen molar-refractivity contribution in [2.45, 2.75) is 6.42 Å². The second-order valence-corrected chi connectivity index (χ2v) is 4.69. The third kappa shape index (κ3) is 5.35. The van der Waals surface area contributed by atoms with Crippen molar-refractivity contribution in [3.63, 3.8) is 0 Å². The van der Waals surface area contributed by atoms with E-state index in [1.165, 1.54) is 24.4 Å². The first-order chi connectivity index (χ1) is 11.2. The zero-order chi connectivity index (χ0) is 16.5. The van der Waals surface area contributed by atoms with Crippen molar-refractivity contribution in [3.05, 3.63) is 71.5 Å². The van der Waals surface area contributed by atoms with Crippen molar-refractivity contribution in [1.82, 2.24) is 10.7 Å². The van der Waals surface area contributed by atoms with E-state index < -0.39 is 11.7 Å². The second-order valence-electron chi connectivity index (χ2n) is 4.69. The summed E-state index contributed by atoms with van der Waals surface area (Å²) < 4.78 is 13.4. The Balaban J connectivity index is 1.72. The van der Waals surface area contributed by atoms with Gasteiger partial charge in [-0.3, -0.25) is 9.59 Å². The van der Waals surface area contributed by atoms with E-state index in [9.17, 15) is 14.0 Å². The number of nitrogens with one attached hydrogen (secondary N) is 2. The lowest BCUT2D eigenvalue weighted by Crippen LogP contribution is -2.29. The van der Waals surface area contributed by atoms with Crippen molar-refractivity contribution in [3.8, 4) is 0 Å². The summed E-state index contributed by atoms with van der Waals surface area (Å²) in [6.45, 7) is 0.0971. The number of carbonyl (C=O) groups is 2. The molecule has 6 heteroatoms. The molecule has 2 rings (SSSR count). The third-order valence-corrected chi connectivity index (χ3v) is 2.96. The highest BCUT2D eigenvalue weighted by atomic mass is 19.1. The average Bonchev–Trinajstić information content (AvgIpc) is 2.56. The fourth-order valence-corrected chi connectivity index (χ4v) is 1.80. The van der Waals surface area contributed by atoms with Gasteiger partial charge in [-0.25, -0.2) is 9.82 Å². The van der Waals surface area contributed by atoms with Crippen LogP contribution in [0.2, 0.25) is 0 Å². The third-order valence-electron chi connectivity index (χ3n) is 2.96. The number of benzene rings is 2. The van der Waals surface area contributed by atoms with E-state index in [1.807, 2.05) is 30.3 Å². The average molecular weight is 313 g/mol. The van der Waals surface area contributed by atoms with Crippen LogP contribution in [-0.2, 0) is 4.79 Å². The van der Waals surface area contributed by atoms with Crippen LogP contribution in [0.15, 0.2) is 59.7 Å². The van der Waals surface area contributed by atoms with Gasteiger partial charge in [-0.15, -0.1) is 0 Å². The molecule has 2 aromatic rings. The Morgan fingerprint density at radius 1 is 1.04 bits per heavy atom. The van der Waals surface area contributed by atoms with Gasteiger partial charge in [-0.1, -0.05) is 42.5 Å². The van der Waals surface area contributed by atoms with E-state index in [1.54, 1.807) is 6.07 Å². The van der Waals surface area contributed by atoms with Gasteiger partial charge >= 0.3 is 0 Å². The molecule has 23 heavy (non-hydrogen) atoms. The lowest BCUT2D eigenvalue weighted by molar-refractivity contribution is -0.120. The minimum absolute atomic E-state index is 0.0463. The first kappa shape index (κ1) is 16.4. The predicted octanol–water partition coefficient (Wildman–Crippen LogP) is 2.10. The molecule has 5 nitrogen and oxygen atoms in total. The molecule has 2 amide bonds. The Labute approximate surface area is 133 Å². The van der Waals surface area contributed by atoms with Crippen molar-refractivity contribution in [1.29, 1.82) is 0 Å². The molecule has 0 radical (unpaired) electrons. The number of carbonyl (C=O) groups excluding carboxylic acids is 2. The Bertz CT molecular complexity index is 702. The van der Waals surface area contributed by atoms with E-state index in [4.69, 9.17) is 0 Å². The molecule has 0 atom stereocenters. The Morgan fingerprint density at radius 2 is 1.74 bits per heavy atom. The molecule has 0 bridgehead atoms. The molecule has 2 aromatic carbocycles. The maximum Gasteiger partial charge on any atom is 0.254 e. The summed E-state index contributed by atoms with van der Waals surface area (Å²) in [6.07, 6.45) is 1.57. The molecule has 0 spiro atoms. The van der Waals surface area contributed by atoms with Gasteiger partial charge < -0.3 is 5.32 Å². The highest BCUT2D eigenvalue weighted by Gasteiger charge is 2.10. The SMILES string of the molecule is O=C(CCNC(=O)c1ccccc1F)NN=Cc1ccccc1. The van der Waals surface area contributed by atoms with Crippen molar-refractivity contribution >= 4 is 18.0 Å². The van der Waals surface area contributed by atoms with Crippen LogP contribution in [0.3, 0.4) is 0 Å². The first-order valence-electron chi connectivity index (χ1n) is 7.06. The molecule has 0 saturated heterocycles. The van der Waals surface area contributed by atoms with Gasteiger partial charge in [0.1, 0.15) is 5.82 Å². The fraction of sp³-hybridized carbons (Fsp3) is 0.118. The molecule has 0 fully saturated rings. The summed E-state index contributed by atoms with van der Waals surface area (Å²) in [7, 11) is 0. The zero-order valence-corrected chi connectivity index (χ0v) is 12.3. The van der Waals surface area contributed by atoms with E-state index in [0.29, 0.717) is 0 Å². The Morgan fingerprint density at radius 3 is 2.48 bits per heavy atom. The van der Waals surface area contributed by atoms with Gasteiger partial charge in [0.25, 0.3) is 5.91 Å². The van der Waals surface area contributed by atoms with Crippen LogP contribution in [0.5, 0.6) is 0 Å². The molecule has 118 valence electrons. The zero-order valence-electron chi connectivity index (χ0n) is 12.3. The predicted molar refractivity (Wildman–Crippen MR) is 85.5 cm³/mol.